The quantitative estimate of drug-likeness (QED) is 0.854. The molecule has 0 unspecified atom stereocenters. The zero-order valence-electron chi connectivity index (χ0n) is 12.2. The van der Waals surface area contributed by atoms with Gasteiger partial charge in [-0.3, -0.25) is 9.82 Å². The van der Waals surface area contributed by atoms with E-state index in [2.05, 4.69) is 19.9 Å². The molecule has 2 aromatic heterocycles. The Morgan fingerprint density at radius 2 is 2.10 bits per heavy atom. The fourth-order valence-corrected chi connectivity index (χ4v) is 3.07. The molecule has 2 rings (SSSR count). The largest absolute Gasteiger partial charge is 0.479 e. The number of ether oxygens (including phenoxy) is 1. The molecule has 0 amide bonds. The van der Waals surface area contributed by atoms with Gasteiger partial charge in [0.15, 0.2) is 0 Å². The van der Waals surface area contributed by atoms with Crippen LogP contribution in [0.5, 0.6) is 5.88 Å². The van der Waals surface area contributed by atoms with Crippen LogP contribution in [0.2, 0.25) is 0 Å². The van der Waals surface area contributed by atoms with Gasteiger partial charge in [0.05, 0.1) is 24.7 Å². The predicted molar refractivity (Wildman–Crippen MR) is 79.2 cm³/mol. The number of pyridine rings is 1. The molecule has 0 spiro atoms. The van der Waals surface area contributed by atoms with Crippen molar-refractivity contribution in [1.29, 1.82) is 0 Å². The van der Waals surface area contributed by atoms with Crippen molar-refractivity contribution in [3.8, 4) is 5.88 Å². The van der Waals surface area contributed by atoms with Crippen LogP contribution in [0.25, 0.3) is 0 Å². The van der Waals surface area contributed by atoms with E-state index in [1.54, 1.807) is 38.2 Å². The minimum Gasteiger partial charge on any atom is -0.479 e. The zero-order chi connectivity index (χ0) is 15.6. The molecule has 9 heteroatoms. The Balaban J connectivity index is 2.51. The first-order valence-corrected chi connectivity index (χ1v) is 7.58. The minimum absolute atomic E-state index is 0.0816. The maximum Gasteiger partial charge on any atom is 0.265 e. The highest BCUT2D eigenvalue weighted by Gasteiger charge is 2.23. The number of H-pyrrole nitrogens is 1. The summed E-state index contributed by atoms with van der Waals surface area (Å²) in [6.45, 7) is 1.63. The van der Waals surface area contributed by atoms with Crippen LogP contribution in [0.15, 0.2) is 23.4 Å². The van der Waals surface area contributed by atoms with E-state index in [4.69, 9.17) is 4.74 Å². The van der Waals surface area contributed by atoms with Crippen molar-refractivity contribution >= 4 is 21.4 Å². The number of sulfonamides is 1. The highest BCUT2D eigenvalue weighted by atomic mass is 32.2. The lowest BCUT2D eigenvalue weighted by molar-refractivity contribution is 0.400. The van der Waals surface area contributed by atoms with Gasteiger partial charge in [-0.25, -0.2) is 13.4 Å². The van der Waals surface area contributed by atoms with Gasteiger partial charge in [0.25, 0.3) is 10.0 Å². The fourth-order valence-electron chi connectivity index (χ4n) is 1.86. The Kier molecular flexibility index (Phi) is 4.03. The van der Waals surface area contributed by atoms with E-state index in [0.29, 0.717) is 11.4 Å². The average Bonchev–Trinajstić information content (AvgIpc) is 2.85. The first-order chi connectivity index (χ1) is 9.86. The number of nitrogens with zero attached hydrogens (tertiary/aromatic N) is 3. The highest BCUT2D eigenvalue weighted by molar-refractivity contribution is 7.92. The third-order valence-corrected chi connectivity index (χ3v) is 4.34. The van der Waals surface area contributed by atoms with Crippen molar-refractivity contribution in [2.45, 2.75) is 11.8 Å². The summed E-state index contributed by atoms with van der Waals surface area (Å²) in [5, 5.41) is 6.33. The Morgan fingerprint density at radius 1 is 1.38 bits per heavy atom. The van der Waals surface area contributed by atoms with E-state index in [1.807, 2.05) is 0 Å². The maximum absolute atomic E-state index is 12.5. The predicted octanol–water partition coefficient (Wildman–Crippen LogP) is 0.989. The van der Waals surface area contributed by atoms with Gasteiger partial charge < -0.3 is 9.64 Å². The standard InChI is InChI=1S/C12H17N5O3S/c1-8-10(7-14-15-8)21(18,19)16-11-9(17(2)3)5-6-13-12(11)20-4/h5-7,16H,1-4H3,(H,14,15). The number of hydrogen-bond acceptors (Lipinski definition) is 6. The lowest BCUT2D eigenvalue weighted by Crippen LogP contribution is -2.18. The van der Waals surface area contributed by atoms with Crippen molar-refractivity contribution in [2.75, 3.05) is 30.8 Å². The van der Waals surface area contributed by atoms with Crippen LogP contribution in [0, 0.1) is 6.92 Å². The maximum atomic E-state index is 12.5. The van der Waals surface area contributed by atoms with Crippen molar-refractivity contribution in [3.63, 3.8) is 0 Å². The molecule has 0 saturated heterocycles. The summed E-state index contributed by atoms with van der Waals surface area (Å²) >= 11 is 0. The Labute approximate surface area is 123 Å². The number of rotatable bonds is 5. The van der Waals surface area contributed by atoms with Gasteiger partial charge in [-0.05, 0) is 13.0 Å². The summed E-state index contributed by atoms with van der Waals surface area (Å²) < 4.78 is 32.6. The number of nitrogens with one attached hydrogen (secondary N) is 2. The molecule has 2 heterocycles. The van der Waals surface area contributed by atoms with E-state index in [0.717, 1.165) is 0 Å². The van der Waals surface area contributed by atoms with Gasteiger partial charge in [-0.2, -0.15) is 5.10 Å². The summed E-state index contributed by atoms with van der Waals surface area (Å²) in [6, 6.07) is 1.70. The molecular formula is C12H17N5O3S. The Bertz CT molecular complexity index is 739. The van der Waals surface area contributed by atoms with E-state index >= 15 is 0 Å². The lowest BCUT2D eigenvalue weighted by atomic mass is 10.3. The summed E-state index contributed by atoms with van der Waals surface area (Å²) in [5.74, 6) is 0.200. The second kappa shape index (κ2) is 5.60. The molecule has 8 nitrogen and oxygen atoms in total. The average molecular weight is 311 g/mol. The Hall–Kier alpha value is -2.29. The summed E-state index contributed by atoms with van der Waals surface area (Å²) in [7, 11) is 1.26. The van der Waals surface area contributed by atoms with E-state index in [-0.39, 0.29) is 16.5 Å². The Morgan fingerprint density at radius 3 is 2.62 bits per heavy atom. The second-order valence-corrected chi connectivity index (χ2v) is 6.22. The molecule has 21 heavy (non-hydrogen) atoms. The SMILES string of the molecule is COc1nccc(N(C)C)c1NS(=O)(=O)c1cn[nH]c1C. The minimum atomic E-state index is -3.78. The molecule has 0 radical (unpaired) electrons. The first kappa shape index (κ1) is 15.1. The number of hydrogen-bond donors (Lipinski definition) is 2. The molecular weight excluding hydrogens is 294 g/mol. The molecule has 0 aliphatic heterocycles. The molecule has 0 fully saturated rings. The molecule has 0 bridgehead atoms. The van der Waals surface area contributed by atoms with Crippen LogP contribution < -0.4 is 14.4 Å². The number of aryl methyl sites for hydroxylation is 1. The van der Waals surface area contributed by atoms with Crippen LogP contribution in [-0.2, 0) is 10.0 Å². The van der Waals surface area contributed by atoms with Crippen molar-refractivity contribution in [1.82, 2.24) is 15.2 Å². The molecule has 0 atom stereocenters. The molecule has 0 aromatic carbocycles. The van der Waals surface area contributed by atoms with Crippen molar-refractivity contribution in [3.05, 3.63) is 24.2 Å². The molecule has 0 aliphatic carbocycles. The molecule has 0 saturated carbocycles. The third-order valence-electron chi connectivity index (χ3n) is 2.88. The van der Waals surface area contributed by atoms with E-state index in [9.17, 15) is 8.42 Å². The van der Waals surface area contributed by atoms with Crippen molar-refractivity contribution < 1.29 is 13.2 Å². The van der Waals surface area contributed by atoms with Gasteiger partial charge in [0.1, 0.15) is 10.6 Å². The van der Waals surface area contributed by atoms with Gasteiger partial charge in [0.2, 0.25) is 5.88 Å². The second-order valence-electron chi connectivity index (χ2n) is 4.57. The van der Waals surface area contributed by atoms with E-state index < -0.39 is 10.0 Å². The topological polar surface area (TPSA) is 100 Å². The lowest BCUT2D eigenvalue weighted by Gasteiger charge is -2.19. The van der Waals surface area contributed by atoms with Crippen molar-refractivity contribution in [2.24, 2.45) is 0 Å². The zero-order valence-corrected chi connectivity index (χ0v) is 13.0. The van der Waals surface area contributed by atoms with Crippen LogP contribution >= 0.6 is 0 Å². The number of methoxy groups -OCH3 is 1. The third kappa shape index (κ3) is 2.92. The van der Waals surface area contributed by atoms with Gasteiger partial charge >= 0.3 is 0 Å². The van der Waals surface area contributed by atoms with Crippen LogP contribution in [0.4, 0.5) is 11.4 Å². The summed E-state index contributed by atoms with van der Waals surface area (Å²) in [4.78, 5) is 5.88. The van der Waals surface area contributed by atoms with Crippen LogP contribution in [0.1, 0.15) is 5.69 Å². The smallest absolute Gasteiger partial charge is 0.265 e. The van der Waals surface area contributed by atoms with E-state index in [1.165, 1.54) is 13.3 Å². The van der Waals surface area contributed by atoms with Gasteiger partial charge in [0, 0.05) is 20.3 Å². The monoisotopic (exact) mass is 311 g/mol. The number of aromatic nitrogens is 3. The van der Waals surface area contributed by atoms with Gasteiger partial charge in [-0.15, -0.1) is 0 Å². The number of anilines is 2. The summed E-state index contributed by atoms with van der Waals surface area (Å²) in [6.07, 6.45) is 2.81. The first-order valence-electron chi connectivity index (χ1n) is 6.10. The normalized spacial score (nSPS) is 11.2. The fraction of sp³-hybridized carbons (Fsp3) is 0.333. The van der Waals surface area contributed by atoms with Gasteiger partial charge in [-0.1, -0.05) is 0 Å². The van der Waals surface area contributed by atoms with Crippen LogP contribution in [-0.4, -0.2) is 44.8 Å². The molecule has 2 aromatic rings. The van der Waals surface area contributed by atoms with Crippen LogP contribution in [0.3, 0.4) is 0 Å². The molecule has 114 valence electrons. The molecule has 2 N–H and O–H groups in total. The number of aromatic amines is 1. The molecule has 0 aliphatic rings. The summed E-state index contributed by atoms with van der Waals surface area (Å²) in [5.41, 5.74) is 1.38. The highest BCUT2D eigenvalue weighted by Crippen LogP contribution is 2.34.